The monoisotopic (exact) mass is 186 g/mol. The van der Waals surface area contributed by atoms with Crippen LogP contribution in [0.1, 0.15) is 18.9 Å². The van der Waals surface area contributed by atoms with Crippen LogP contribution in [0, 0.1) is 0 Å². The van der Waals surface area contributed by atoms with Crippen LogP contribution in [-0.4, -0.2) is 9.97 Å². The molecule has 1 heterocycles. The van der Waals surface area contributed by atoms with Gasteiger partial charge >= 0.3 is 0 Å². The number of imidazole rings is 1. The molecule has 0 unspecified atom stereocenters. The fourth-order valence-corrected chi connectivity index (χ4v) is 1.59. The second-order valence-electron chi connectivity index (χ2n) is 3.39. The Hall–Kier alpha value is -1.57. The van der Waals surface area contributed by atoms with E-state index in [0.717, 1.165) is 12.2 Å². The highest BCUT2D eigenvalue weighted by Crippen LogP contribution is 2.16. The van der Waals surface area contributed by atoms with Crippen LogP contribution in [-0.2, 0) is 6.42 Å². The van der Waals surface area contributed by atoms with Gasteiger partial charge in [0.15, 0.2) is 0 Å². The molecule has 14 heavy (non-hydrogen) atoms. The van der Waals surface area contributed by atoms with Crippen LogP contribution in [0.3, 0.4) is 0 Å². The average Bonchev–Trinajstić information content (AvgIpc) is 2.71. The first-order chi connectivity index (χ1) is 6.90. The highest BCUT2D eigenvalue weighted by atomic mass is 14.9. The molecular weight excluding hydrogens is 172 g/mol. The van der Waals surface area contributed by atoms with Crippen LogP contribution >= 0.6 is 0 Å². The lowest BCUT2D eigenvalue weighted by Crippen LogP contribution is -1.85. The lowest BCUT2D eigenvalue weighted by atomic mass is 10.1. The minimum atomic E-state index is 0.947. The first-order valence-corrected chi connectivity index (χ1v) is 4.99. The van der Waals surface area contributed by atoms with Crippen LogP contribution in [0.5, 0.6) is 0 Å². The third-order valence-electron chi connectivity index (χ3n) is 2.24. The van der Waals surface area contributed by atoms with E-state index in [4.69, 9.17) is 0 Å². The van der Waals surface area contributed by atoms with Crippen LogP contribution in [0.4, 0.5) is 0 Å². The Labute approximate surface area is 84.0 Å². The summed E-state index contributed by atoms with van der Waals surface area (Å²) in [6.07, 6.45) is 5.94. The zero-order valence-electron chi connectivity index (χ0n) is 8.33. The highest BCUT2D eigenvalue weighted by Gasteiger charge is 1.99. The van der Waals surface area contributed by atoms with E-state index < -0.39 is 0 Å². The minimum absolute atomic E-state index is 0.947. The van der Waals surface area contributed by atoms with E-state index >= 15 is 0 Å². The molecule has 0 bridgehead atoms. The lowest BCUT2D eigenvalue weighted by Gasteiger charge is -2.01. The van der Waals surface area contributed by atoms with Gasteiger partial charge in [-0.15, -0.1) is 0 Å². The summed E-state index contributed by atoms with van der Waals surface area (Å²) in [5.74, 6) is 0.947. The van der Waals surface area contributed by atoms with E-state index in [1.807, 2.05) is 6.20 Å². The molecule has 2 aromatic rings. The number of rotatable bonds is 3. The van der Waals surface area contributed by atoms with Gasteiger partial charge < -0.3 is 4.98 Å². The summed E-state index contributed by atoms with van der Waals surface area (Å²) < 4.78 is 0. The van der Waals surface area contributed by atoms with Crippen molar-refractivity contribution in [3.05, 3.63) is 42.2 Å². The quantitative estimate of drug-likeness (QED) is 0.784. The molecule has 72 valence electrons. The topological polar surface area (TPSA) is 28.7 Å². The predicted molar refractivity (Wildman–Crippen MR) is 58.0 cm³/mol. The molecule has 1 aromatic carbocycles. The summed E-state index contributed by atoms with van der Waals surface area (Å²) in [6.45, 7) is 2.19. The number of nitrogens with one attached hydrogen (secondary N) is 1. The fraction of sp³-hybridized carbons (Fsp3) is 0.250. The minimum Gasteiger partial charge on any atom is -0.345 e. The van der Waals surface area contributed by atoms with E-state index in [1.165, 1.54) is 17.5 Å². The van der Waals surface area contributed by atoms with Crippen LogP contribution in [0.2, 0.25) is 0 Å². The van der Waals surface area contributed by atoms with Crippen molar-refractivity contribution < 1.29 is 0 Å². The number of H-pyrrole nitrogens is 1. The van der Waals surface area contributed by atoms with Crippen LogP contribution in [0.15, 0.2) is 36.7 Å². The van der Waals surface area contributed by atoms with Gasteiger partial charge in [0.25, 0.3) is 0 Å². The molecule has 0 aliphatic rings. The van der Waals surface area contributed by atoms with Crippen molar-refractivity contribution >= 4 is 0 Å². The van der Waals surface area contributed by atoms with Crippen molar-refractivity contribution in [1.29, 1.82) is 0 Å². The van der Waals surface area contributed by atoms with Gasteiger partial charge in [0.05, 0.1) is 0 Å². The van der Waals surface area contributed by atoms with E-state index in [1.54, 1.807) is 6.20 Å². The van der Waals surface area contributed by atoms with Crippen molar-refractivity contribution in [1.82, 2.24) is 9.97 Å². The average molecular weight is 186 g/mol. The first kappa shape index (κ1) is 9.00. The number of nitrogens with zero attached hydrogens (tertiary/aromatic N) is 1. The largest absolute Gasteiger partial charge is 0.345 e. The van der Waals surface area contributed by atoms with Gasteiger partial charge in [0, 0.05) is 18.0 Å². The molecule has 0 aliphatic carbocycles. The van der Waals surface area contributed by atoms with Gasteiger partial charge in [-0.1, -0.05) is 31.5 Å². The fourth-order valence-electron chi connectivity index (χ4n) is 1.59. The van der Waals surface area contributed by atoms with Crippen molar-refractivity contribution in [2.75, 3.05) is 0 Å². The van der Waals surface area contributed by atoms with E-state index in [0.29, 0.717) is 0 Å². The molecule has 2 rings (SSSR count). The van der Waals surface area contributed by atoms with Gasteiger partial charge in [0.2, 0.25) is 0 Å². The van der Waals surface area contributed by atoms with E-state index in [2.05, 4.69) is 41.2 Å². The Morgan fingerprint density at radius 3 is 3.00 bits per heavy atom. The molecule has 1 aromatic heterocycles. The van der Waals surface area contributed by atoms with Gasteiger partial charge in [-0.25, -0.2) is 4.98 Å². The number of aromatic nitrogens is 2. The van der Waals surface area contributed by atoms with Crippen molar-refractivity contribution in [3.63, 3.8) is 0 Å². The molecule has 0 saturated carbocycles. The Morgan fingerprint density at radius 1 is 1.36 bits per heavy atom. The molecular formula is C12H14N2. The van der Waals surface area contributed by atoms with Gasteiger partial charge in [-0.3, -0.25) is 0 Å². The third kappa shape index (κ3) is 1.84. The predicted octanol–water partition coefficient (Wildman–Crippen LogP) is 3.03. The highest BCUT2D eigenvalue weighted by molar-refractivity contribution is 5.55. The number of aromatic amines is 1. The number of hydrogen-bond acceptors (Lipinski definition) is 1. The van der Waals surface area contributed by atoms with Gasteiger partial charge in [-0.2, -0.15) is 0 Å². The molecule has 0 atom stereocenters. The third-order valence-corrected chi connectivity index (χ3v) is 2.24. The van der Waals surface area contributed by atoms with E-state index in [-0.39, 0.29) is 0 Å². The molecule has 0 spiro atoms. The maximum atomic E-state index is 4.23. The second-order valence-corrected chi connectivity index (χ2v) is 3.39. The van der Waals surface area contributed by atoms with Crippen molar-refractivity contribution in [2.24, 2.45) is 0 Å². The normalized spacial score (nSPS) is 10.4. The Morgan fingerprint density at radius 2 is 2.29 bits per heavy atom. The molecule has 1 N–H and O–H groups in total. The first-order valence-electron chi connectivity index (χ1n) is 4.99. The maximum absolute atomic E-state index is 4.23. The lowest BCUT2D eigenvalue weighted by molar-refractivity contribution is 0.922. The van der Waals surface area contributed by atoms with E-state index in [9.17, 15) is 0 Å². The molecule has 0 fully saturated rings. The molecule has 0 saturated heterocycles. The summed E-state index contributed by atoms with van der Waals surface area (Å²) in [4.78, 5) is 7.34. The standard InChI is InChI=1S/C12H14N2/c1-2-4-10-5-3-6-11(9-10)12-13-7-8-14-12/h3,5-9H,2,4H2,1H3,(H,13,14). The summed E-state index contributed by atoms with van der Waals surface area (Å²) in [5, 5.41) is 0. The van der Waals surface area contributed by atoms with Gasteiger partial charge in [-0.05, 0) is 18.1 Å². The number of hydrogen-bond donors (Lipinski definition) is 1. The smallest absolute Gasteiger partial charge is 0.137 e. The molecule has 0 radical (unpaired) electrons. The zero-order valence-corrected chi connectivity index (χ0v) is 8.33. The Kier molecular flexibility index (Phi) is 2.63. The maximum Gasteiger partial charge on any atom is 0.137 e. The zero-order chi connectivity index (χ0) is 9.80. The molecule has 2 nitrogen and oxygen atoms in total. The van der Waals surface area contributed by atoms with Crippen molar-refractivity contribution in [3.8, 4) is 11.4 Å². The second kappa shape index (κ2) is 4.09. The SMILES string of the molecule is CCCc1cccc(-c2ncc[nH]2)c1. The molecule has 2 heteroatoms. The summed E-state index contributed by atoms with van der Waals surface area (Å²) in [7, 11) is 0. The van der Waals surface area contributed by atoms with Crippen LogP contribution < -0.4 is 0 Å². The summed E-state index contributed by atoms with van der Waals surface area (Å²) >= 11 is 0. The number of aryl methyl sites for hydroxylation is 1. The molecule has 0 aliphatic heterocycles. The Balaban J connectivity index is 2.31. The summed E-state index contributed by atoms with van der Waals surface area (Å²) in [6, 6.07) is 8.53. The van der Waals surface area contributed by atoms with Crippen molar-refractivity contribution in [2.45, 2.75) is 19.8 Å². The number of benzene rings is 1. The summed E-state index contributed by atoms with van der Waals surface area (Å²) in [5.41, 5.74) is 2.54. The van der Waals surface area contributed by atoms with Gasteiger partial charge in [0.1, 0.15) is 5.82 Å². The Bertz CT molecular complexity index is 390. The molecule has 0 amide bonds. The van der Waals surface area contributed by atoms with Crippen LogP contribution in [0.25, 0.3) is 11.4 Å².